The zero-order chi connectivity index (χ0) is 17.9. The summed E-state index contributed by atoms with van der Waals surface area (Å²) in [6.07, 6.45) is 10.6. The Morgan fingerprint density at radius 1 is 1.12 bits per heavy atom. The lowest BCUT2D eigenvalue weighted by atomic mass is 9.87. The van der Waals surface area contributed by atoms with Crippen molar-refractivity contribution in [2.24, 2.45) is 5.92 Å². The minimum absolute atomic E-state index is 0.561. The standard InChI is InChI=1S/C22H38N2O/c1-19(23-16-17-24(2)3)9-10-21-11-13-22(14-12-21)25-18-15-20-7-5-4-6-8-20/h11-14,19-20,23H,4-10,15-18H2,1-3H3. The maximum Gasteiger partial charge on any atom is 0.119 e. The van der Waals surface area contributed by atoms with Crippen LogP contribution in [0.4, 0.5) is 0 Å². The molecule has 0 aromatic heterocycles. The van der Waals surface area contributed by atoms with Crippen LogP contribution in [-0.2, 0) is 6.42 Å². The number of hydrogen-bond acceptors (Lipinski definition) is 3. The molecule has 25 heavy (non-hydrogen) atoms. The van der Waals surface area contributed by atoms with Gasteiger partial charge in [-0.3, -0.25) is 0 Å². The van der Waals surface area contributed by atoms with E-state index in [1.54, 1.807) is 0 Å². The number of rotatable bonds is 11. The van der Waals surface area contributed by atoms with Crippen LogP contribution in [0.3, 0.4) is 0 Å². The zero-order valence-electron chi connectivity index (χ0n) is 16.6. The van der Waals surface area contributed by atoms with Crippen molar-refractivity contribution in [2.45, 2.75) is 64.3 Å². The maximum absolute atomic E-state index is 5.95. The van der Waals surface area contributed by atoms with Crippen LogP contribution < -0.4 is 10.1 Å². The zero-order valence-corrected chi connectivity index (χ0v) is 16.6. The molecule has 1 fully saturated rings. The number of hydrogen-bond donors (Lipinski definition) is 1. The molecule has 3 heteroatoms. The highest BCUT2D eigenvalue weighted by Crippen LogP contribution is 2.26. The van der Waals surface area contributed by atoms with Crippen LogP contribution in [0.5, 0.6) is 5.75 Å². The van der Waals surface area contributed by atoms with Crippen molar-refractivity contribution in [2.75, 3.05) is 33.8 Å². The first kappa shape index (κ1) is 20.3. The summed E-state index contributed by atoms with van der Waals surface area (Å²) >= 11 is 0. The molecule has 0 bridgehead atoms. The molecule has 0 aliphatic heterocycles. The highest BCUT2D eigenvalue weighted by atomic mass is 16.5. The third-order valence-corrected chi connectivity index (χ3v) is 5.36. The van der Waals surface area contributed by atoms with Crippen LogP contribution in [0.15, 0.2) is 24.3 Å². The lowest BCUT2D eigenvalue weighted by Crippen LogP contribution is -2.33. The van der Waals surface area contributed by atoms with Crippen molar-refractivity contribution in [3.05, 3.63) is 29.8 Å². The normalized spacial score (nSPS) is 17.0. The van der Waals surface area contributed by atoms with Crippen LogP contribution in [0.1, 0.15) is 57.4 Å². The summed E-state index contributed by atoms with van der Waals surface area (Å²) < 4.78 is 5.95. The molecular formula is C22H38N2O. The third-order valence-electron chi connectivity index (χ3n) is 5.36. The van der Waals surface area contributed by atoms with Gasteiger partial charge in [-0.2, -0.15) is 0 Å². The molecule has 3 nitrogen and oxygen atoms in total. The summed E-state index contributed by atoms with van der Waals surface area (Å²) in [5.74, 6) is 1.92. The van der Waals surface area contributed by atoms with E-state index in [1.807, 2.05) is 0 Å². The van der Waals surface area contributed by atoms with E-state index >= 15 is 0 Å². The minimum atomic E-state index is 0.561. The summed E-state index contributed by atoms with van der Waals surface area (Å²) in [6, 6.07) is 9.29. The fourth-order valence-electron chi connectivity index (χ4n) is 3.59. The molecule has 0 spiro atoms. The second-order valence-electron chi connectivity index (χ2n) is 7.98. The number of ether oxygens (including phenoxy) is 1. The van der Waals surface area contributed by atoms with E-state index in [9.17, 15) is 0 Å². The van der Waals surface area contributed by atoms with Gasteiger partial charge in [0.15, 0.2) is 0 Å². The first-order chi connectivity index (χ1) is 12.1. The molecule has 0 heterocycles. The molecule has 142 valence electrons. The van der Waals surface area contributed by atoms with Crippen molar-refractivity contribution in [3.8, 4) is 5.75 Å². The molecule has 1 aliphatic rings. The number of nitrogens with one attached hydrogen (secondary N) is 1. The van der Waals surface area contributed by atoms with E-state index in [0.29, 0.717) is 6.04 Å². The maximum atomic E-state index is 5.95. The van der Waals surface area contributed by atoms with Gasteiger partial charge in [-0.1, -0.05) is 44.2 Å². The molecule has 1 aromatic carbocycles. The van der Waals surface area contributed by atoms with Crippen molar-refractivity contribution < 1.29 is 4.74 Å². The van der Waals surface area contributed by atoms with Gasteiger partial charge in [-0.15, -0.1) is 0 Å². The second-order valence-corrected chi connectivity index (χ2v) is 7.98. The Hall–Kier alpha value is -1.06. The molecular weight excluding hydrogens is 308 g/mol. The molecule has 1 unspecified atom stereocenters. The first-order valence-corrected chi connectivity index (χ1v) is 10.2. The third kappa shape index (κ3) is 8.73. The van der Waals surface area contributed by atoms with Gasteiger partial charge >= 0.3 is 0 Å². The predicted molar refractivity (Wildman–Crippen MR) is 107 cm³/mol. The van der Waals surface area contributed by atoms with Crippen molar-refractivity contribution in [1.82, 2.24) is 10.2 Å². The van der Waals surface area contributed by atoms with E-state index in [2.05, 4.69) is 55.5 Å². The quantitative estimate of drug-likeness (QED) is 0.638. The van der Waals surface area contributed by atoms with Crippen LogP contribution in [0.2, 0.25) is 0 Å². The predicted octanol–water partition coefficient (Wildman–Crippen LogP) is 4.51. The average Bonchev–Trinajstić information content (AvgIpc) is 2.62. The highest BCUT2D eigenvalue weighted by molar-refractivity contribution is 5.27. The molecule has 2 rings (SSSR count). The van der Waals surface area contributed by atoms with Gasteiger partial charge in [0, 0.05) is 19.1 Å². The molecule has 1 atom stereocenters. The van der Waals surface area contributed by atoms with Gasteiger partial charge in [0.2, 0.25) is 0 Å². The molecule has 0 saturated heterocycles. The smallest absolute Gasteiger partial charge is 0.119 e. The molecule has 0 amide bonds. The molecule has 1 N–H and O–H groups in total. The summed E-state index contributed by atoms with van der Waals surface area (Å²) in [5, 5.41) is 3.59. The summed E-state index contributed by atoms with van der Waals surface area (Å²) in [5.41, 5.74) is 1.40. The van der Waals surface area contributed by atoms with E-state index in [0.717, 1.165) is 37.8 Å². The van der Waals surface area contributed by atoms with Crippen molar-refractivity contribution in [3.63, 3.8) is 0 Å². The minimum Gasteiger partial charge on any atom is -0.494 e. The Bertz CT molecular complexity index is 452. The summed E-state index contributed by atoms with van der Waals surface area (Å²) in [7, 11) is 4.23. The van der Waals surface area contributed by atoms with Gasteiger partial charge < -0.3 is 15.0 Å². The Morgan fingerprint density at radius 3 is 2.52 bits per heavy atom. The van der Waals surface area contributed by atoms with Crippen LogP contribution >= 0.6 is 0 Å². The SMILES string of the molecule is CC(CCc1ccc(OCCC2CCCCC2)cc1)NCCN(C)C. The topological polar surface area (TPSA) is 24.5 Å². The Kier molecular flexibility index (Phi) is 9.35. The first-order valence-electron chi connectivity index (χ1n) is 10.2. The Labute approximate surface area is 155 Å². The lowest BCUT2D eigenvalue weighted by Gasteiger charge is -2.21. The number of nitrogens with zero attached hydrogens (tertiary/aromatic N) is 1. The van der Waals surface area contributed by atoms with Crippen LogP contribution in [0.25, 0.3) is 0 Å². The van der Waals surface area contributed by atoms with Crippen LogP contribution in [0, 0.1) is 5.92 Å². The van der Waals surface area contributed by atoms with Gasteiger partial charge in [0.25, 0.3) is 0 Å². The fraction of sp³-hybridized carbons (Fsp3) is 0.727. The molecule has 1 aliphatic carbocycles. The fourth-order valence-corrected chi connectivity index (χ4v) is 3.59. The average molecular weight is 347 g/mol. The Balaban J connectivity index is 1.60. The summed E-state index contributed by atoms with van der Waals surface area (Å²) in [6.45, 7) is 5.30. The van der Waals surface area contributed by atoms with Gasteiger partial charge in [-0.05, 0) is 63.9 Å². The number of benzene rings is 1. The van der Waals surface area contributed by atoms with Crippen molar-refractivity contribution in [1.29, 1.82) is 0 Å². The van der Waals surface area contributed by atoms with E-state index in [-0.39, 0.29) is 0 Å². The van der Waals surface area contributed by atoms with Gasteiger partial charge in [0.05, 0.1) is 6.61 Å². The highest BCUT2D eigenvalue weighted by Gasteiger charge is 2.13. The molecule has 0 radical (unpaired) electrons. The number of aryl methyl sites for hydroxylation is 1. The molecule has 1 saturated carbocycles. The van der Waals surface area contributed by atoms with Gasteiger partial charge in [0.1, 0.15) is 5.75 Å². The van der Waals surface area contributed by atoms with E-state index < -0.39 is 0 Å². The Morgan fingerprint density at radius 2 is 1.84 bits per heavy atom. The van der Waals surface area contributed by atoms with E-state index in [4.69, 9.17) is 4.74 Å². The van der Waals surface area contributed by atoms with Crippen LogP contribution in [-0.4, -0.2) is 44.7 Å². The van der Waals surface area contributed by atoms with E-state index in [1.165, 1.54) is 50.5 Å². The second kappa shape index (κ2) is 11.5. The molecule has 1 aromatic rings. The van der Waals surface area contributed by atoms with Gasteiger partial charge in [-0.25, -0.2) is 0 Å². The lowest BCUT2D eigenvalue weighted by molar-refractivity contribution is 0.246. The number of likely N-dealkylation sites (N-methyl/N-ethyl adjacent to an activating group) is 1. The van der Waals surface area contributed by atoms with Crippen molar-refractivity contribution >= 4 is 0 Å². The summed E-state index contributed by atoms with van der Waals surface area (Å²) in [4.78, 5) is 2.21. The monoisotopic (exact) mass is 346 g/mol. The largest absolute Gasteiger partial charge is 0.494 e.